The number of nitrogens with zero attached hydrogens (tertiary/aromatic N) is 2. The number of benzene rings is 1. The number of hydrogen-bond acceptors (Lipinski definition) is 4. The van der Waals surface area contributed by atoms with Crippen molar-refractivity contribution in [1.29, 1.82) is 0 Å². The molecule has 0 fully saturated rings. The van der Waals surface area contributed by atoms with Gasteiger partial charge >= 0.3 is 0 Å². The quantitative estimate of drug-likeness (QED) is 0.941. The van der Waals surface area contributed by atoms with Gasteiger partial charge in [0.2, 0.25) is 5.03 Å². The Morgan fingerprint density at radius 3 is 2.67 bits per heavy atom. The van der Waals surface area contributed by atoms with E-state index < -0.39 is 20.9 Å². The van der Waals surface area contributed by atoms with E-state index >= 15 is 0 Å². The van der Waals surface area contributed by atoms with Crippen LogP contribution in [0.3, 0.4) is 0 Å². The minimum absolute atomic E-state index is 0.0641. The Bertz CT molecular complexity index is 763. The Balaban J connectivity index is 2.60. The molecule has 0 atom stereocenters. The SMILES string of the molecule is CCN(c1cc(O)ccc1C)S(=O)(=O)c1ncccc1F. The predicted octanol–water partition coefficient (Wildman–Crippen LogP) is 2.45. The van der Waals surface area contributed by atoms with Gasteiger partial charge in [-0.05, 0) is 37.6 Å². The van der Waals surface area contributed by atoms with Crippen LogP contribution in [0.1, 0.15) is 12.5 Å². The van der Waals surface area contributed by atoms with E-state index in [-0.39, 0.29) is 12.3 Å². The van der Waals surface area contributed by atoms with Gasteiger partial charge in [-0.1, -0.05) is 6.07 Å². The molecular weight excluding hydrogens is 295 g/mol. The van der Waals surface area contributed by atoms with Crippen LogP contribution in [-0.2, 0) is 10.0 Å². The Hall–Kier alpha value is -2.15. The lowest BCUT2D eigenvalue weighted by Crippen LogP contribution is -2.32. The molecule has 1 aromatic carbocycles. The third-order valence-corrected chi connectivity index (χ3v) is 4.83. The van der Waals surface area contributed by atoms with E-state index in [4.69, 9.17) is 0 Å². The van der Waals surface area contributed by atoms with Gasteiger partial charge in [-0.15, -0.1) is 0 Å². The number of sulfonamides is 1. The molecule has 0 aliphatic heterocycles. The van der Waals surface area contributed by atoms with E-state index in [9.17, 15) is 17.9 Å². The highest BCUT2D eigenvalue weighted by molar-refractivity contribution is 7.92. The van der Waals surface area contributed by atoms with Crippen LogP contribution < -0.4 is 4.31 Å². The number of phenolic OH excluding ortho intramolecular Hbond substituents is 1. The average Bonchev–Trinajstić information content (AvgIpc) is 2.43. The molecule has 1 aromatic heterocycles. The average molecular weight is 310 g/mol. The molecule has 2 rings (SSSR count). The fraction of sp³-hybridized carbons (Fsp3) is 0.214. The number of rotatable bonds is 4. The number of halogens is 1. The maximum atomic E-state index is 13.8. The predicted molar refractivity (Wildman–Crippen MR) is 77.2 cm³/mol. The summed E-state index contributed by atoms with van der Waals surface area (Å²) in [7, 11) is -4.14. The van der Waals surface area contributed by atoms with Gasteiger partial charge in [-0.3, -0.25) is 4.31 Å². The number of aromatic hydroxyl groups is 1. The Morgan fingerprint density at radius 2 is 2.05 bits per heavy atom. The first-order valence-corrected chi connectivity index (χ1v) is 7.74. The molecule has 0 amide bonds. The molecule has 0 spiro atoms. The summed E-state index contributed by atoms with van der Waals surface area (Å²) in [4.78, 5) is 3.63. The van der Waals surface area contributed by atoms with Gasteiger partial charge in [0.05, 0.1) is 5.69 Å². The van der Waals surface area contributed by atoms with Gasteiger partial charge in [0.25, 0.3) is 10.0 Å². The van der Waals surface area contributed by atoms with E-state index in [1.165, 1.54) is 24.4 Å². The normalized spacial score (nSPS) is 11.4. The minimum atomic E-state index is -4.14. The molecule has 7 heteroatoms. The highest BCUT2D eigenvalue weighted by Crippen LogP contribution is 2.29. The molecule has 112 valence electrons. The third kappa shape index (κ3) is 2.82. The zero-order chi connectivity index (χ0) is 15.6. The molecule has 21 heavy (non-hydrogen) atoms. The van der Waals surface area contributed by atoms with Crippen molar-refractivity contribution in [3.05, 3.63) is 47.9 Å². The first-order chi connectivity index (χ1) is 9.87. The van der Waals surface area contributed by atoms with Crippen LogP contribution in [-0.4, -0.2) is 25.1 Å². The van der Waals surface area contributed by atoms with Crippen molar-refractivity contribution in [1.82, 2.24) is 4.98 Å². The number of anilines is 1. The van der Waals surface area contributed by atoms with Crippen molar-refractivity contribution in [2.75, 3.05) is 10.8 Å². The van der Waals surface area contributed by atoms with E-state index in [0.717, 1.165) is 10.4 Å². The molecule has 1 N–H and O–H groups in total. The monoisotopic (exact) mass is 310 g/mol. The van der Waals surface area contributed by atoms with Crippen molar-refractivity contribution in [3.8, 4) is 5.75 Å². The second-order valence-corrected chi connectivity index (χ2v) is 6.21. The van der Waals surface area contributed by atoms with Crippen LogP contribution >= 0.6 is 0 Å². The van der Waals surface area contributed by atoms with Crippen molar-refractivity contribution >= 4 is 15.7 Å². The molecule has 0 aliphatic rings. The van der Waals surface area contributed by atoms with E-state index in [1.54, 1.807) is 19.9 Å². The summed E-state index contributed by atoms with van der Waals surface area (Å²) in [6.45, 7) is 3.42. The summed E-state index contributed by atoms with van der Waals surface area (Å²) in [5, 5.41) is 8.93. The topological polar surface area (TPSA) is 70.5 Å². The fourth-order valence-electron chi connectivity index (χ4n) is 2.00. The van der Waals surface area contributed by atoms with Crippen molar-refractivity contribution in [2.45, 2.75) is 18.9 Å². The minimum Gasteiger partial charge on any atom is -0.508 e. The van der Waals surface area contributed by atoms with Crippen molar-refractivity contribution < 1.29 is 17.9 Å². The van der Waals surface area contributed by atoms with Gasteiger partial charge in [0.15, 0.2) is 5.82 Å². The van der Waals surface area contributed by atoms with Gasteiger partial charge < -0.3 is 5.11 Å². The second-order valence-electron chi connectivity index (χ2n) is 4.43. The summed E-state index contributed by atoms with van der Waals surface area (Å²) in [6.07, 6.45) is 1.22. The maximum absolute atomic E-state index is 13.8. The first kappa shape index (κ1) is 15.2. The van der Waals surface area contributed by atoms with Gasteiger partial charge in [-0.2, -0.15) is 8.42 Å². The second kappa shape index (κ2) is 5.69. The summed E-state index contributed by atoms with van der Waals surface area (Å²) in [6, 6.07) is 6.75. The van der Waals surface area contributed by atoms with Gasteiger partial charge in [0.1, 0.15) is 5.75 Å². The Labute approximate surface area is 122 Å². The maximum Gasteiger partial charge on any atom is 0.284 e. The zero-order valence-electron chi connectivity index (χ0n) is 11.6. The highest BCUT2D eigenvalue weighted by atomic mass is 32.2. The molecule has 0 radical (unpaired) electrons. The summed E-state index contributed by atoms with van der Waals surface area (Å²) in [5.41, 5.74) is 0.942. The highest BCUT2D eigenvalue weighted by Gasteiger charge is 2.29. The van der Waals surface area contributed by atoms with Crippen LogP contribution in [0, 0.1) is 12.7 Å². The molecule has 2 aromatic rings. The summed E-state index contributed by atoms with van der Waals surface area (Å²) in [5.74, 6) is -0.973. The first-order valence-electron chi connectivity index (χ1n) is 6.30. The summed E-state index contributed by atoms with van der Waals surface area (Å²) >= 11 is 0. The van der Waals surface area contributed by atoms with E-state index in [1.807, 2.05) is 0 Å². The third-order valence-electron chi connectivity index (χ3n) is 3.01. The molecule has 0 bridgehead atoms. The molecule has 5 nitrogen and oxygen atoms in total. The van der Waals surface area contributed by atoms with E-state index in [2.05, 4.69) is 4.98 Å². The lowest BCUT2D eigenvalue weighted by molar-refractivity contribution is 0.475. The Kier molecular flexibility index (Phi) is 4.13. The van der Waals surface area contributed by atoms with Crippen molar-refractivity contribution in [2.24, 2.45) is 0 Å². The number of hydrogen-bond donors (Lipinski definition) is 1. The molecule has 0 aliphatic carbocycles. The molecular formula is C14H15FN2O3S. The lowest BCUT2D eigenvalue weighted by atomic mass is 10.2. The number of aryl methyl sites for hydroxylation is 1. The zero-order valence-corrected chi connectivity index (χ0v) is 12.4. The number of pyridine rings is 1. The smallest absolute Gasteiger partial charge is 0.284 e. The van der Waals surface area contributed by atoms with Crippen LogP contribution in [0.5, 0.6) is 5.75 Å². The molecule has 0 unspecified atom stereocenters. The van der Waals surface area contributed by atoms with Gasteiger partial charge in [0, 0.05) is 18.8 Å². The lowest BCUT2D eigenvalue weighted by Gasteiger charge is -2.24. The summed E-state index contributed by atoms with van der Waals surface area (Å²) < 4.78 is 40.0. The van der Waals surface area contributed by atoms with Crippen LogP contribution in [0.2, 0.25) is 0 Å². The van der Waals surface area contributed by atoms with Crippen molar-refractivity contribution in [3.63, 3.8) is 0 Å². The number of aromatic nitrogens is 1. The molecule has 0 saturated carbocycles. The van der Waals surface area contributed by atoms with Crippen LogP contribution in [0.15, 0.2) is 41.6 Å². The van der Waals surface area contributed by atoms with Gasteiger partial charge in [-0.25, -0.2) is 9.37 Å². The standard InChI is InChI=1S/C14H15FN2O3S/c1-3-17(13-9-11(18)7-6-10(13)2)21(19,20)14-12(15)5-4-8-16-14/h4-9,18H,3H2,1-2H3. The Morgan fingerprint density at radius 1 is 1.33 bits per heavy atom. The number of phenols is 1. The fourth-order valence-corrected chi connectivity index (χ4v) is 3.51. The molecule has 0 saturated heterocycles. The largest absolute Gasteiger partial charge is 0.508 e. The molecule has 1 heterocycles. The van der Waals surface area contributed by atoms with Crippen LogP contribution in [0.4, 0.5) is 10.1 Å². The van der Waals surface area contributed by atoms with Crippen LogP contribution in [0.25, 0.3) is 0 Å². The van der Waals surface area contributed by atoms with E-state index in [0.29, 0.717) is 11.3 Å².